The van der Waals surface area contributed by atoms with Crippen LogP contribution in [-0.2, 0) is 0 Å². The van der Waals surface area contributed by atoms with Crippen LogP contribution in [0.5, 0.6) is 0 Å². The number of aryl methyl sites for hydroxylation is 1. The molecule has 130 valence electrons. The Morgan fingerprint density at radius 2 is 2.12 bits per heavy atom. The molecule has 0 bridgehead atoms. The highest BCUT2D eigenvalue weighted by atomic mass is 19.1. The Labute approximate surface area is 146 Å². The zero-order chi connectivity index (χ0) is 18.3. The van der Waals surface area contributed by atoms with Crippen LogP contribution in [-0.4, -0.2) is 35.0 Å². The Kier molecular flexibility index (Phi) is 3.57. The van der Waals surface area contributed by atoms with Gasteiger partial charge in [-0.25, -0.2) is 18.9 Å². The van der Waals surface area contributed by atoms with Crippen molar-refractivity contribution in [3.8, 4) is 5.69 Å². The van der Waals surface area contributed by atoms with E-state index in [9.17, 15) is 9.18 Å². The van der Waals surface area contributed by atoms with Gasteiger partial charge in [0.2, 0.25) is 0 Å². The summed E-state index contributed by atoms with van der Waals surface area (Å²) < 4.78 is 16.2. The normalized spacial score (nSPS) is 11.0. The van der Waals surface area contributed by atoms with Gasteiger partial charge in [0.25, 0.3) is 5.91 Å². The number of nitrogen functional groups attached to an aromatic ring is 1. The lowest BCUT2D eigenvalue weighted by Gasteiger charge is -2.12. The topological polar surface area (TPSA) is 116 Å². The molecule has 0 aromatic carbocycles. The summed E-state index contributed by atoms with van der Waals surface area (Å²) in [6.07, 6.45) is 8.65. The number of hydrogen-bond donors (Lipinski definition) is 2. The number of anilines is 2. The van der Waals surface area contributed by atoms with Crippen LogP contribution in [0, 0.1) is 12.7 Å². The molecule has 4 heterocycles. The third-order valence-corrected chi connectivity index (χ3v) is 3.83. The lowest BCUT2D eigenvalue weighted by molar-refractivity contribution is 0.102. The summed E-state index contributed by atoms with van der Waals surface area (Å²) in [6.45, 7) is 1.84. The van der Waals surface area contributed by atoms with Crippen molar-refractivity contribution in [1.29, 1.82) is 0 Å². The summed E-state index contributed by atoms with van der Waals surface area (Å²) >= 11 is 0. The minimum Gasteiger partial charge on any atom is -0.381 e. The van der Waals surface area contributed by atoms with Crippen molar-refractivity contribution in [3.63, 3.8) is 0 Å². The van der Waals surface area contributed by atoms with Gasteiger partial charge in [0, 0.05) is 18.6 Å². The van der Waals surface area contributed by atoms with E-state index in [1.165, 1.54) is 6.20 Å². The standard InChI is InChI=1S/C16H13FN8O/c1-9-20-4-5-24(9)12-2-3-19-7-11(12)22-16(26)13-14(18)23-25-8-10(17)6-21-15(13)25/h2-8H,1H3,(H2,18,23)(H,22,26). The van der Waals surface area contributed by atoms with Crippen LogP contribution < -0.4 is 11.1 Å². The van der Waals surface area contributed by atoms with E-state index in [2.05, 4.69) is 25.4 Å². The predicted molar refractivity (Wildman–Crippen MR) is 91.4 cm³/mol. The van der Waals surface area contributed by atoms with Gasteiger partial charge in [-0.1, -0.05) is 0 Å². The monoisotopic (exact) mass is 352 g/mol. The minimum absolute atomic E-state index is 0.0511. The van der Waals surface area contributed by atoms with Crippen LogP contribution in [0.2, 0.25) is 0 Å². The van der Waals surface area contributed by atoms with E-state index in [1.54, 1.807) is 24.7 Å². The van der Waals surface area contributed by atoms with Gasteiger partial charge in [0.15, 0.2) is 17.3 Å². The number of fused-ring (bicyclic) bond motifs is 1. The Morgan fingerprint density at radius 3 is 2.88 bits per heavy atom. The molecule has 0 spiro atoms. The van der Waals surface area contributed by atoms with Crippen LogP contribution in [0.4, 0.5) is 15.9 Å². The van der Waals surface area contributed by atoms with Gasteiger partial charge < -0.3 is 15.6 Å². The zero-order valence-electron chi connectivity index (χ0n) is 13.6. The van der Waals surface area contributed by atoms with Crippen LogP contribution in [0.25, 0.3) is 11.3 Å². The molecule has 0 radical (unpaired) electrons. The molecule has 3 N–H and O–H groups in total. The van der Waals surface area contributed by atoms with Gasteiger partial charge in [-0.2, -0.15) is 0 Å². The van der Waals surface area contributed by atoms with E-state index < -0.39 is 11.7 Å². The minimum atomic E-state index is -0.586. The first-order valence-electron chi connectivity index (χ1n) is 7.59. The maximum absolute atomic E-state index is 13.3. The molecule has 1 amide bonds. The molecule has 0 aliphatic heterocycles. The number of nitrogens with zero attached hydrogens (tertiary/aromatic N) is 6. The number of carbonyl (C=O) groups is 1. The van der Waals surface area contributed by atoms with E-state index in [1.807, 2.05) is 11.5 Å². The maximum Gasteiger partial charge on any atom is 0.263 e. The van der Waals surface area contributed by atoms with E-state index in [-0.39, 0.29) is 17.0 Å². The predicted octanol–water partition coefficient (Wildman–Crippen LogP) is 1.59. The van der Waals surface area contributed by atoms with Crippen LogP contribution in [0.1, 0.15) is 16.2 Å². The molecule has 0 saturated heterocycles. The summed E-state index contributed by atoms with van der Waals surface area (Å²) in [6, 6.07) is 1.75. The average molecular weight is 352 g/mol. The van der Waals surface area contributed by atoms with E-state index in [4.69, 9.17) is 5.73 Å². The summed E-state index contributed by atoms with van der Waals surface area (Å²) in [7, 11) is 0. The maximum atomic E-state index is 13.3. The van der Waals surface area contributed by atoms with Crippen molar-refractivity contribution in [2.24, 2.45) is 0 Å². The quantitative estimate of drug-likeness (QED) is 0.578. The number of amides is 1. The van der Waals surface area contributed by atoms with Gasteiger partial charge >= 0.3 is 0 Å². The Hall–Kier alpha value is -3.82. The Bertz CT molecular complexity index is 1130. The first-order valence-corrected chi connectivity index (χ1v) is 7.59. The fourth-order valence-corrected chi connectivity index (χ4v) is 2.66. The number of rotatable bonds is 3. The molecular formula is C16H13FN8O. The molecule has 0 saturated carbocycles. The lowest BCUT2D eigenvalue weighted by atomic mass is 10.2. The average Bonchev–Trinajstić information content (AvgIpc) is 3.17. The smallest absolute Gasteiger partial charge is 0.263 e. The number of pyridine rings is 1. The number of nitrogens with one attached hydrogen (secondary N) is 1. The highest BCUT2D eigenvalue weighted by Crippen LogP contribution is 2.23. The second kappa shape index (κ2) is 5.92. The molecule has 0 fully saturated rings. The molecule has 4 aromatic heterocycles. The number of halogens is 1. The molecule has 4 aromatic rings. The summed E-state index contributed by atoms with van der Waals surface area (Å²) in [4.78, 5) is 24.9. The summed E-state index contributed by atoms with van der Waals surface area (Å²) in [5.74, 6) is -0.412. The molecule has 0 unspecified atom stereocenters. The van der Waals surface area contributed by atoms with Gasteiger partial charge in [-0.05, 0) is 13.0 Å². The second-order valence-electron chi connectivity index (χ2n) is 5.49. The van der Waals surface area contributed by atoms with Crippen molar-refractivity contribution < 1.29 is 9.18 Å². The van der Waals surface area contributed by atoms with Crippen molar-refractivity contribution in [2.45, 2.75) is 6.92 Å². The molecule has 9 nitrogen and oxygen atoms in total. The largest absolute Gasteiger partial charge is 0.381 e. The van der Waals surface area contributed by atoms with Crippen molar-refractivity contribution in [1.82, 2.24) is 29.1 Å². The SMILES string of the molecule is Cc1nccn1-c1ccncc1NC(=O)c1c(N)nn2cc(F)cnc12. The van der Waals surface area contributed by atoms with Crippen molar-refractivity contribution in [3.05, 3.63) is 60.5 Å². The van der Waals surface area contributed by atoms with Gasteiger partial charge in [-0.15, -0.1) is 5.10 Å². The van der Waals surface area contributed by atoms with E-state index in [0.717, 1.165) is 22.7 Å². The third-order valence-electron chi connectivity index (χ3n) is 3.83. The number of nitrogens with two attached hydrogens (primary N) is 1. The molecular weight excluding hydrogens is 339 g/mol. The number of imidazole rings is 1. The second-order valence-corrected chi connectivity index (χ2v) is 5.49. The van der Waals surface area contributed by atoms with Gasteiger partial charge in [-0.3, -0.25) is 9.78 Å². The molecule has 0 atom stereocenters. The number of aromatic nitrogens is 6. The molecule has 0 aliphatic carbocycles. The highest BCUT2D eigenvalue weighted by molar-refractivity contribution is 6.12. The Morgan fingerprint density at radius 1 is 1.27 bits per heavy atom. The number of hydrogen-bond acceptors (Lipinski definition) is 6. The lowest BCUT2D eigenvalue weighted by Crippen LogP contribution is -2.16. The Balaban J connectivity index is 1.75. The highest BCUT2D eigenvalue weighted by Gasteiger charge is 2.21. The van der Waals surface area contributed by atoms with E-state index in [0.29, 0.717) is 11.4 Å². The van der Waals surface area contributed by atoms with Crippen LogP contribution in [0.15, 0.2) is 43.2 Å². The number of carbonyl (C=O) groups excluding carboxylic acids is 1. The summed E-state index contributed by atoms with van der Waals surface area (Å²) in [5, 5.41) is 6.68. The first kappa shape index (κ1) is 15.7. The third kappa shape index (κ3) is 2.53. The van der Waals surface area contributed by atoms with Crippen LogP contribution >= 0.6 is 0 Å². The molecule has 10 heteroatoms. The van der Waals surface area contributed by atoms with Crippen molar-refractivity contribution >= 4 is 23.1 Å². The van der Waals surface area contributed by atoms with Crippen molar-refractivity contribution in [2.75, 3.05) is 11.1 Å². The molecule has 0 aliphatic rings. The van der Waals surface area contributed by atoms with Crippen LogP contribution in [0.3, 0.4) is 0 Å². The van der Waals surface area contributed by atoms with Gasteiger partial charge in [0.1, 0.15) is 11.4 Å². The fraction of sp³-hybridized carbons (Fsp3) is 0.0625. The molecule has 26 heavy (non-hydrogen) atoms. The molecule has 4 rings (SSSR count). The summed E-state index contributed by atoms with van der Waals surface area (Å²) in [5.41, 5.74) is 7.19. The first-order chi connectivity index (χ1) is 12.5. The zero-order valence-corrected chi connectivity index (χ0v) is 13.6. The van der Waals surface area contributed by atoms with Gasteiger partial charge in [0.05, 0.1) is 30.0 Å². The fourth-order valence-electron chi connectivity index (χ4n) is 2.66. The van der Waals surface area contributed by atoms with E-state index >= 15 is 0 Å².